The minimum absolute atomic E-state index is 0.0181. The molecule has 2 fully saturated rings. The molecule has 1 aliphatic heterocycles. The van der Waals surface area contributed by atoms with Gasteiger partial charge in [0.05, 0.1) is 12.6 Å². The van der Waals surface area contributed by atoms with E-state index in [9.17, 15) is 9.59 Å². The molecule has 1 saturated carbocycles. The number of nitrogens with one attached hydrogen (secondary N) is 1. The van der Waals surface area contributed by atoms with Crippen LogP contribution in [0.5, 0.6) is 5.75 Å². The zero-order valence-corrected chi connectivity index (χ0v) is 20.0. The molecule has 174 valence electrons. The Labute approximate surface area is 189 Å². The highest BCUT2D eigenvalue weighted by atomic mass is 16.6. The first-order valence-electron chi connectivity index (χ1n) is 11.6. The van der Waals surface area contributed by atoms with Gasteiger partial charge in [0.25, 0.3) is 5.56 Å². The number of amides is 1. The van der Waals surface area contributed by atoms with Gasteiger partial charge < -0.3 is 24.3 Å². The number of rotatable bonds is 5. The summed E-state index contributed by atoms with van der Waals surface area (Å²) in [4.78, 5) is 27.5. The van der Waals surface area contributed by atoms with Crippen LogP contribution in [0, 0.1) is 12.8 Å². The Morgan fingerprint density at radius 3 is 2.56 bits per heavy atom. The molecule has 1 saturated heterocycles. The number of carbonyl (C=O) groups is 1. The van der Waals surface area contributed by atoms with Crippen molar-refractivity contribution in [2.24, 2.45) is 5.92 Å². The van der Waals surface area contributed by atoms with Gasteiger partial charge >= 0.3 is 6.09 Å². The van der Waals surface area contributed by atoms with E-state index in [1.165, 1.54) is 0 Å². The second kappa shape index (κ2) is 8.34. The summed E-state index contributed by atoms with van der Waals surface area (Å²) in [6, 6.07) is 6.37. The van der Waals surface area contributed by atoms with Crippen LogP contribution in [0.2, 0.25) is 0 Å². The molecule has 1 amide bonds. The first kappa shape index (κ1) is 22.5. The maximum atomic E-state index is 13.0. The lowest BCUT2D eigenvalue weighted by Gasteiger charge is -2.26. The topological polar surface area (TPSA) is 72.8 Å². The maximum Gasteiger partial charge on any atom is 0.407 e. The van der Waals surface area contributed by atoms with Gasteiger partial charge in [-0.3, -0.25) is 4.79 Å². The van der Waals surface area contributed by atoms with Gasteiger partial charge in [-0.25, -0.2) is 4.79 Å². The third-order valence-corrected chi connectivity index (χ3v) is 6.54. The number of anilines is 1. The Hall–Kier alpha value is -2.70. The number of hydrogen-bond donors (Lipinski definition) is 1. The number of aromatic nitrogens is 1. The van der Waals surface area contributed by atoms with Gasteiger partial charge in [-0.2, -0.15) is 0 Å². The quantitative estimate of drug-likeness (QED) is 0.745. The summed E-state index contributed by atoms with van der Waals surface area (Å²) in [5.74, 6) is 0.735. The first-order valence-corrected chi connectivity index (χ1v) is 11.6. The average molecular weight is 442 g/mol. The summed E-state index contributed by atoms with van der Waals surface area (Å²) in [7, 11) is 1.55. The summed E-state index contributed by atoms with van der Waals surface area (Å²) in [6.07, 6.45) is 2.69. The van der Waals surface area contributed by atoms with E-state index in [1.54, 1.807) is 7.11 Å². The smallest absolute Gasteiger partial charge is 0.407 e. The molecule has 2 aromatic rings. The van der Waals surface area contributed by atoms with Crippen LogP contribution in [-0.4, -0.2) is 42.5 Å². The van der Waals surface area contributed by atoms with E-state index in [-0.39, 0.29) is 23.7 Å². The van der Waals surface area contributed by atoms with Crippen molar-refractivity contribution in [1.82, 2.24) is 9.88 Å². The molecule has 2 heterocycles. The SMILES string of the molecule is COc1cc2ccc(N3CC[C@@H]([C@H](C)NC(=O)OC(C)(C)C)C3)c(C)c2n(C2CC2)c1=O. The largest absolute Gasteiger partial charge is 0.491 e. The van der Waals surface area contributed by atoms with Crippen LogP contribution < -0.4 is 20.5 Å². The van der Waals surface area contributed by atoms with E-state index in [4.69, 9.17) is 9.47 Å². The van der Waals surface area contributed by atoms with Crippen LogP contribution in [0.1, 0.15) is 58.6 Å². The molecular formula is C25H35N3O4. The van der Waals surface area contributed by atoms with Gasteiger partial charge in [0.2, 0.25) is 0 Å². The van der Waals surface area contributed by atoms with Crippen LogP contribution >= 0.6 is 0 Å². The van der Waals surface area contributed by atoms with Crippen molar-refractivity contribution in [3.8, 4) is 5.75 Å². The molecule has 2 atom stereocenters. The number of aryl methyl sites for hydroxylation is 1. The minimum Gasteiger partial charge on any atom is -0.491 e. The molecule has 0 spiro atoms. The standard InChI is InChI=1S/C25H35N3O4/c1-15-20(27-12-11-18(14-27)16(2)26-24(30)32-25(3,4)5)10-7-17-13-21(31-6)23(29)28(22(15)17)19-8-9-19/h7,10,13,16,18-19H,8-9,11-12,14H2,1-6H3,(H,26,30)/t16-,18+/m0/s1. The second-order valence-electron chi connectivity index (χ2n) is 10.2. The maximum absolute atomic E-state index is 13.0. The Morgan fingerprint density at radius 1 is 1.22 bits per heavy atom. The summed E-state index contributed by atoms with van der Waals surface area (Å²) in [5.41, 5.74) is 2.75. The molecule has 0 radical (unpaired) electrons. The molecule has 1 aliphatic carbocycles. The highest BCUT2D eigenvalue weighted by molar-refractivity contribution is 5.88. The number of methoxy groups -OCH3 is 1. The number of pyridine rings is 1. The van der Waals surface area contributed by atoms with Crippen molar-refractivity contribution in [3.63, 3.8) is 0 Å². The predicted molar refractivity (Wildman–Crippen MR) is 127 cm³/mol. The third kappa shape index (κ3) is 4.43. The van der Waals surface area contributed by atoms with Crippen molar-refractivity contribution in [1.29, 1.82) is 0 Å². The molecule has 0 bridgehead atoms. The van der Waals surface area contributed by atoms with Gasteiger partial charge in [0.1, 0.15) is 5.60 Å². The van der Waals surface area contributed by atoms with Crippen LogP contribution in [0.3, 0.4) is 0 Å². The lowest BCUT2D eigenvalue weighted by atomic mass is 10.0. The number of benzene rings is 1. The Balaban J connectivity index is 1.57. The lowest BCUT2D eigenvalue weighted by molar-refractivity contribution is 0.0494. The van der Waals surface area contributed by atoms with E-state index < -0.39 is 5.60 Å². The molecule has 1 aromatic heterocycles. The fraction of sp³-hybridized carbons (Fsp3) is 0.600. The van der Waals surface area contributed by atoms with Gasteiger partial charge in [-0.15, -0.1) is 0 Å². The van der Waals surface area contributed by atoms with E-state index in [2.05, 4.69) is 29.3 Å². The van der Waals surface area contributed by atoms with E-state index in [0.29, 0.717) is 11.7 Å². The van der Waals surface area contributed by atoms with Crippen LogP contribution in [0.25, 0.3) is 10.9 Å². The van der Waals surface area contributed by atoms with E-state index >= 15 is 0 Å². The molecule has 1 aromatic carbocycles. The summed E-state index contributed by atoms with van der Waals surface area (Å²) in [6.45, 7) is 11.5. The predicted octanol–water partition coefficient (Wildman–Crippen LogP) is 4.39. The molecule has 7 heteroatoms. The van der Waals surface area contributed by atoms with Crippen molar-refractivity contribution in [3.05, 3.63) is 34.1 Å². The monoisotopic (exact) mass is 441 g/mol. The Morgan fingerprint density at radius 2 is 1.94 bits per heavy atom. The number of carbonyl (C=O) groups excluding carboxylic acids is 1. The van der Waals surface area contributed by atoms with Crippen LogP contribution in [0.15, 0.2) is 23.0 Å². The summed E-state index contributed by atoms with van der Waals surface area (Å²) >= 11 is 0. The normalized spacial score (nSPS) is 19.8. The number of fused-ring (bicyclic) bond motifs is 1. The highest BCUT2D eigenvalue weighted by Gasteiger charge is 2.32. The van der Waals surface area contributed by atoms with Crippen molar-refractivity contribution >= 4 is 22.7 Å². The average Bonchev–Trinajstić information content (AvgIpc) is 3.42. The molecular weight excluding hydrogens is 406 g/mol. The van der Waals surface area contributed by atoms with Gasteiger partial charge in [-0.05, 0) is 77.5 Å². The molecule has 4 rings (SSSR count). The fourth-order valence-corrected chi connectivity index (χ4v) is 4.77. The van der Waals surface area contributed by atoms with Crippen LogP contribution in [0.4, 0.5) is 10.5 Å². The van der Waals surface area contributed by atoms with Gasteiger partial charge in [0.15, 0.2) is 5.75 Å². The molecule has 32 heavy (non-hydrogen) atoms. The number of nitrogens with zero attached hydrogens (tertiary/aromatic N) is 2. The molecule has 0 unspecified atom stereocenters. The van der Waals surface area contributed by atoms with Crippen molar-refractivity contribution in [2.75, 3.05) is 25.1 Å². The number of hydrogen-bond acceptors (Lipinski definition) is 5. The van der Waals surface area contributed by atoms with E-state index in [0.717, 1.165) is 54.5 Å². The summed E-state index contributed by atoms with van der Waals surface area (Å²) in [5, 5.41) is 4.03. The van der Waals surface area contributed by atoms with Crippen molar-refractivity contribution < 1.29 is 14.3 Å². The van der Waals surface area contributed by atoms with Crippen LogP contribution in [-0.2, 0) is 4.74 Å². The van der Waals surface area contributed by atoms with Gasteiger partial charge in [-0.1, -0.05) is 6.07 Å². The summed E-state index contributed by atoms with van der Waals surface area (Å²) < 4.78 is 12.7. The lowest BCUT2D eigenvalue weighted by Crippen LogP contribution is -2.42. The molecule has 7 nitrogen and oxygen atoms in total. The fourth-order valence-electron chi connectivity index (χ4n) is 4.77. The Kier molecular flexibility index (Phi) is 5.86. The highest BCUT2D eigenvalue weighted by Crippen LogP contribution is 2.40. The first-order chi connectivity index (χ1) is 15.1. The molecule has 1 N–H and O–H groups in total. The molecule has 2 aliphatic rings. The van der Waals surface area contributed by atoms with E-state index in [1.807, 2.05) is 38.3 Å². The van der Waals surface area contributed by atoms with Crippen molar-refractivity contribution in [2.45, 2.75) is 71.6 Å². The number of alkyl carbamates (subject to hydrolysis) is 1. The second-order valence-corrected chi connectivity index (χ2v) is 10.2. The minimum atomic E-state index is -0.506. The zero-order chi connectivity index (χ0) is 23.2. The number of ether oxygens (including phenoxy) is 2. The Bertz CT molecular complexity index is 1080. The third-order valence-electron chi connectivity index (χ3n) is 6.54. The zero-order valence-electron chi connectivity index (χ0n) is 20.0. The van der Waals surface area contributed by atoms with Gasteiger partial charge in [0, 0.05) is 36.2 Å².